The molecule has 1 N–H and O–H groups in total. The van der Waals surface area contributed by atoms with Gasteiger partial charge in [-0.05, 0) is 32.6 Å². The van der Waals surface area contributed by atoms with Crippen molar-refractivity contribution >= 4 is 11.9 Å². The third kappa shape index (κ3) is 3.32. The average Bonchev–Trinajstić information content (AvgIpc) is 2.90. The van der Waals surface area contributed by atoms with Gasteiger partial charge in [0.05, 0.1) is 6.10 Å². The quantitative estimate of drug-likeness (QED) is 0.477. The highest BCUT2D eigenvalue weighted by Crippen LogP contribution is 2.40. The van der Waals surface area contributed by atoms with E-state index in [2.05, 4.69) is 0 Å². The summed E-state index contributed by atoms with van der Waals surface area (Å²) in [6, 6.07) is 0. The lowest BCUT2D eigenvalue weighted by Gasteiger charge is -2.28. The number of carbonyl (C=O) groups excluding carboxylic acids is 1. The molecule has 1 unspecified atom stereocenters. The highest BCUT2D eigenvalue weighted by molar-refractivity contribution is 5.99. The van der Waals surface area contributed by atoms with Crippen LogP contribution in [0.2, 0.25) is 0 Å². The van der Waals surface area contributed by atoms with Gasteiger partial charge in [0.15, 0.2) is 11.7 Å². The van der Waals surface area contributed by atoms with E-state index < -0.39 is 23.6 Å². The normalized spacial score (nSPS) is 24.2. The molecule has 5 heteroatoms. The standard InChI is InChI=1S/C15H24O5/c1-11(19-12-7-3-2-4-8-12)20-14(18)15(13(16)17)9-5-6-10-15/h11-12H,2-10H2,1H3,(H,16,17). The van der Waals surface area contributed by atoms with E-state index >= 15 is 0 Å². The van der Waals surface area contributed by atoms with Crippen LogP contribution in [0.15, 0.2) is 0 Å². The number of carbonyl (C=O) groups is 2. The molecule has 2 rings (SSSR count). The Morgan fingerprint density at radius 2 is 1.70 bits per heavy atom. The molecule has 0 spiro atoms. The first-order chi connectivity index (χ1) is 9.54. The smallest absolute Gasteiger partial charge is 0.325 e. The van der Waals surface area contributed by atoms with E-state index in [9.17, 15) is 14.7 Å². The lowest BCUT2D eigenvalue weighted by atomic mass is 9.86. The predicted molar refractivity (Wildman–Crippen MR) is 72.0 cm³/mol. The lowest BCUT2D eigenvalue weighted by molar-refractivity contribution is -0.200. The first kappa shape index (κ1) is 15.3. The van der Waals surface area contributed by atoms with Gasteiger partial charge in [0, 0.05) is 0 Å². The molecule has 0 aromatic carbocycles. The molecule has 2 aliphatic rings. The Labute approximate surface area is 119 Å². The van der Waals surface area contributed by atoms with Gasteiger partial charge in [0.2, 0.25) is 0 Å². The van der Waals surface area contributed by atoms with Crippen LogP contribution in [0.3, 0.4) is 0 Å². The molecular formula is C15H24O5. The van der Waals surface area contributed by atoms with Crippen LogP contribution >= 0.6 is 0 Å². The van der Waals surface area contributed by atoms with Crippen molar-refractivity contribution in [2.24, 2.45) is 5.41 Å². The van der Waals surface area contributed by atoms with Crippen LogP contribution in [0.5, 0.6) is 0 Å². The summed E-state index contributed by atoms with van der Waals surface area (Å²) in [6.07, 6.45) is 7.24. The fourth-order valence-electron chi connectivity index (χ4n) is 3.25. The summed E-state index contributed by atoms with van der Waals surface area (Å²) >= 11 is 0. The first-order valence-electron chi connectivity index (χ1n) is 7.64. The predicted octanol–water partition coefficient (Wildman–Crippen LogP) is 2.87. The lowest BCUT2D eigenvalue weighted by Crippen LogP contribution is -2.40. The van der Waals surface area contributed by atoms with E-state index in [1.54, 1.807) is 6.92 Å². The molecule has 2 fully saturated rings. The van der Waals surface area contributed by atoms with Crippen molar-refractivity contribution in [1.29, 1.82) is 0 Å². The van der Waals surface area contributed by atoms with Gasteiger partial charge in [-0.3, -0.25) is 9.59 Å². The number of esters is 1. The topological polar surface area (TPSA) is 72.8 Å². The minimum Gasteiger partial charge on any atom is -0.480 e. The highest BCUT2D eigenvalue weighted by Gasteiger charge is 2.50. The molecule has 0 saturated heterocycles. The Morgan fingerprint density at radius 1 is 1.10 bits per heavy atom. The molecule has 2 saturated carbocycles. The van der Waals surface area contributed by atoms with Crippen LogP contribution < -0.4 is 0 Å². The van der Waals surface area contributed by atoms with Gasteiger partial charge in [-0.2, -0.15) is 0 Å². The summed E-state index contributed by atoms with van der Waals surface area (Å²) in [5.41, 5.74) is -1.34. The highest BCUT2D eigenvalue weighted by atomic mass is 16.7. The van der Waals surface area contributed by atoms with Gasteiger partial charge in [-0.1, -0.05) is 32.1 Å². The Balaban J connectivity index is 1.87. The molecule has 5 nitrogen and oxygen atoms in total. The maximum atomic E-state index is 12.2. The molecule has 114 valence electrons. The molecule has 1 atom stereocenters. The molecule has 0 bridgehead atoms. The molecule has 0 aromatic rings. The molecular weight excluding hydrogens is 260 g/mol. The second kappa shape index (κ2) is 6.57. The van der Waals surface area contributed by atoms with Crippen LogP contribution in [0.25, 0.3) is 0 Å². The second-order valence-corrected chi connectivity index (χ2v) is 5.96. The number of rotatable bonds is 5. The van der Waals surface area contributed by atoms with Crippen molar-refractivity contribution in [3.8, 4) is 0 Å². The number of ether oxygens (including phenoxy) is 2. The fraction of sp³-hybridized carbons (Fsp3) is 0.867. The third-order valence-electron chi connectivity index (χ3n) is 4.47. The van der Waals surface area contributed by atoms with E-state index in [0.29, 0.717) is 12.8 Å². The molecule has 2 aliphatic carbocycles. The summed E-state index contributed by atoms with van der Waals surface area (Å²) in [5, 5.41) is 9.33. The zero-order valence-corrected chi connectivity index (χ0v) is 12.1. The largest absolute Gasteiger partial charge is 0.480 e. The van der Waals surface area contributed by atoms with Crippen molar-refractivity contribution in [2.75, 3.05) is 0 Å². The second-order valence-electron chi connectivity index (χ2n) is 5.96. The van der Waals surface area contributed by atoms with Crippen LogP contribution in [0.1, 0.15) is 64.7 Å². The van der Waals surface area contributed by atoms with Gasteiger partial charge < -0.3 is 14.6 Å². The third-order valence-corrected chi connectivity index (χ3v) is 4.47. The first-order valence-corrected chi connectivity index (χ1v) is 7.64. The van der Waals surface area contributed by atoms with E-state index in [-0.39, 0.29) is 6.10 Å². The number of carboxylic acids is 1. The van der Waals surface area contributed by atoms with Gasteiger partial charge in [0.25, 0.3) is 0 Å². The van der Waals surface area contributed by atoms with E-state index in [1.807, 2.05) is 0 Å². The van der Waals surface area contributed by atoms with Crippen molar-refractivity contribution in [3.05, 3.63) is 0 Å². The maximum Gasteiger partial charge on any atom is 0.325 e. The van der Waals surface area contributed by atoms with Crippen LogP contribution in [-0.4, -0.2) is 29.4 Å². The Kier molecular flexibility index (Phi) is 5.02. The number of carboxylic acid groups (broad SMARTS) is 1. The van der Waals surface area contributed by atoms with Crippen molar-refractivity contribution in [1.82, 2.24) is 0 Å². The van der Waals surface area contributed by atoms with Crippen molar-refractivity contribution < 1.29 is 24.2 Å². The van der Waals surface area contributed by atoms with Gasteiger partial charge in [-0.15, -0.1) is 0 Å². The van der Waals surface area contributed by atoms with Crippen LogP contribution in [0, 0.1) is 5.41 Å². The summed E-state index contributed by atoms with van der Waals surface area (Å²) in [6.45, 7) is 1.68. The molecule has 0 aliphatic heterocycles. The molecule has 0 aromatic heterocycles. The molecule has 0 heterocycles. The molecule has 0 amide bonds. The van der Waals surface area contributed by atoms with Crippen molar-refractivity contribution in [2.45, 2.75) is 77.1 Å². The SMILES string of the molecule is CC(OC(=O)C1(C(=O)O)CCCC1)OC1CCCCC1. The Bertz CT molecular complexity index is 353. The van der Waals surface area contributed by atoms with Crippen LogP contribution in [-0.2, 0) is 19.1 Å². The van der Waals surface area contributed by atoms with E-state index in [4.69, 9.17) is 9.47 Å². The summed E-state index contributed by atoms with van der Waals surface area (Å²) in [5.74, 6) is -1.70. The van der Waals surface area contributed by atoms with Crippen molar-refractivity contribution in [3.63, 3.8) is 0 Å². The van der Waals surface area contributed by atoms with Gasteiger partial charge in [-0.25, -0.2) is 0 Å². The minimum absolute atomic E-state index is 0.135. The zero-order chi connectivity index (χ0) is 14.6. The number of hydrogen-bond donors (Lipinski definition) is 1. The maximum absolute atomic E-state index is 12.2. The van der Waals surface area contributed by atoms with E-state index in [1.165, 1.54) is 6.42 Å². The van der Waals surface area contributed by atoms with Gasteiger partial charge in [0.1, 0.15) is 0 Å². The number of hydrogen-bond acceptors (Lipinski definition) is 4. The van der Waals surface area contributed by atoms with Gasteiger partial charge >= 0.3 is 11.9 Å². The number of aliphatic carboxylic acids is 1. The van der Waals surface area contributed by atoms with Crippen LogP contribution in [0.4, 0.5) is 0 Å². The molecule has 20 heavy (non-hydrogen) atoms. The minimum atomic E-state index is -1.34. The summed E-state index contributed by atoms with van der Waals surface area (Å²) in [7, 11) is 0. The fourth-order valence-corrected chi connectivity index (χ4v) is 3.25. The van der Waals surface area contributed by atoms with E-state index in [0.717, 1.165) is 38.5 Å². The summed E-state index contributed by atoms with van der Waals surface area (Å²) in [4.78, 5) is 23.6. The average molecular weight is 284 g/mol. The monoisotopic (exact) mass is 284 g/mol. The molecule has 0 radical (unpaired) electrons. The summed E-state index contributed by atoms with van der Waals surface area (Å²) < 4.78 is 11.0. The Hall–Kier alpha value is -1.10. The Morgan fingerprint density at radius 3 is 2.25 bits per heavy atom. The zero-order valence-electron chi connectivity index (χ0n) is 12.1.